The maximum absolute atomic E-state index is 13.9. The largest absolute Gasteiger partial charge is 0.310 e. The summed E-state index contributed by atoms with van der Waals surface area (Å²) >= 11 is 0. The standard InChI is InChI=1S/C15H14F2N2O/c1-2-19(15(20)10-16)12-3-4-14(17)13(9-12)11-5-7-18-8-6-11/h3-9H,2,10H2,1H3. The van der Waals surface area contributed by atoms with E-state index in [-0.39, 0.29) is 0 Å². The fourth-order valence-electron chi connectivity index (χ4n) is 2.01. The predicted octanol–water partition coefficient (Wildman–Crippen LogP) is 3.21. The van der Waals surface area contributed by atoms with Gasteiger partial charge in [0.05, 0.1) is 0 Å². The molecule has 0 aliphatic carbocycles. The highest BCUT2D eigenvalue weighted by Crippen LogP contribution is 2.27. The van der Waals surface area contributed by atoms with E-state index in [1.54, 1.807) is 37.5 Å². The van der Waals surface area contributed by atoms with Crippen LogP contribution in [-0.4, -0.2) is 24.1 Å². The monoisotopic (exact) mass is 276 g/mol. The lowest BCUT2D eigenvalue weighted by Crippen LogP contribution is -2.31. The maximum atomic E-state index is 13.9. The lowest BCUT2D eigenvalue weighted by Gasteiger charge is -2.20. The predicted molar refractivity (Wildman–Crippen MR) is 73.6 cm³/mol. The zero-order valence-electron chi connectivity index (χ0n) is 11.0. The Morgan fingerprint density at radius 3 is 2.55 bits per heavy atom. The zero-order valence-corrected chi connectivity index (χ0v) is 11.0. The van der Waals surface area contributed by atoms with Crippen molar-refractivity contribution in [2.75, 3.05) is 18.1 Å². The van der Waals surface area contributed by atoms with Gasteiger partial charge in [-0.25, -0.2) is 8.78 Å². The van der Waals surface area contributed by atoms with E-state index in [9.17, 15) is 13.6 Å². The Morgan fingerprint density at radius 1 is 1.25 bits per heavy atom. The van der Waals surface area contributed by atoms with Crippen molar-refractivity contribution in [3.05, 3.63) is 48.5 Å². The van der Waals surface area contributed by atoms with E-state index in [1.807, 2.05) is 0 Å². The number of aromatic nitrogens is 1. The van der Waals surface area contributed by atoms with Crippen LogP contribution in [-0.2, 0) is 4.79 Å². The first-order chi connectivity index (χ1) is 9.67. The van der Waals surface area contributed by atoms with Gasteiger partial charge in [-0.05, 0) is 42.8 Å². The van der Waals surface area contributed by atoms with Crippen molar-refractivity contribution in [1.29, 1.82) is 0 Å². The molecular weight excluding hydrogens is 262 g/mol. The number of hydrogen-bond acceptors (Lipinski definition) is 2. The van der Waals surface area contributed by atoms with Crippen molar-refractivity contribution >= 4 is 11.6 Å². The molecule has 0 spiro atoms. The molecule has 1 heterocycles. The Bertz CT molecular complexity index is 602. The summed E-state index contributed by atoms with van der Waals surface area (Å²) < 4.78 is 26.4. The van der Waals surface area contributed by atoms with E-state index in [4.69, 9.17) is 0 Å². The summed E-state index contributed by atoms with van der Waals surface area (Å²) in [5.41, 5.74) is 1.49. The normalized spacial score (nSPS) is 10.3. The highest BCUT2D eigenvalue weighted by Gasteiger charge is 2.15. The first-order valence-electron chi connectivity index (χ1n) is 6.23. The number of amides is 1. The van der Waals surface area contributed by atoms with Crippen molar-refractivity contribution in [3.8, 4) is 11.1 Å². The Kier molecular flexibility index (Phi) is 4.40. The van der Waals surface area contributed by atoms with E-state index in [0.29, 0.717) is 23.4 Å². The van der Waals surface area contributed by atoms with E-state index in [0.717, 1.165) is 0 Å². The van der Waals surface area contributed by atoms with Gasteiger partial charge in [-0.2, -0.15) is 0 Å². The van der Waals surface area contributed by atoms with E-state index >= 15 is 0 Å². The maximum Gasteiger partial charge on any atom is 0.258 e. The van der Waals surface area contributed by atoms with Gasteiger partial charge in [-0.1, -0.05) is 0 Å². The van der Waals surface area contributed by atoms with Gasteiger partial charge in [0.1, 0.15) is 5.82 Å². The summed E-state index contributed by atoms with van der Waals surface area (Å²) in [7, 11) is 0. The second-order valence-corrected chi connectivity index (χ2v) is 4.17. The zero-order chi connectivity index (χ0) is 14.5. The number of nitrogens with zero attached hydrogens (tertiary/aromatic N) is 2. The fourth-order valence-corrected chi connectivity index (χ4v) is 2.01. The highest BCUT2D eigenvalue weighted by atomic mass is 19.1. The molecule has 0 atom stereocenters. The summed E-state index contributed by atoms with van der Waals surface area (Å²) in [6, 6.07) is 7.64. The highest BCUT2D eigenvalue weighted by molar-refractivity contribution is 5.94. The van der Waals surface area contributed by atoms with Crippen molar-refractivity contribution in [2.45, 2.75) is 6.92 Å². The minimum atomic E-state index is -1.07. The van der Waals surface area contributed by atoms with E-state index in [2.05, 4.69) is 4.98 Å². The van der Waals surface area contributed by atoms with Crippen LogP contribution >= 0.6 is 0 Å². The summed E-state index contributed by atoms with van der Waals surface area (Å²) in [5, 5.41) is 0. The Labute approximate surface area is 115 Å². The molecule has 1 aromatic heterocycles. The molecule has 1 amide bonds. The van der Waals surface area contributed by atoms with Crippen LogP contribution in [0, 0.1) is 5.82 Å². The molecule has 3 nitrogen and oxygen atoms in total. The van der Waals surface area contributed by atoms with Crippen LogP contribution in [0.2, 0.25) is 0 Å². The van der Waals surface area contributed by atoms with Gasteiger partial charge in [0, 0.05) is 30.2 Å². The minimum Gasteiger partial charge on any atom is -0.310 e. The smallest absolute Gasteiger partial charge is 0.258 e. The second-order valence-electron chi connectivity index (χ2n) is 4.17. The van der Waals surface area contributed by atoms with Crippen LogP contribution in [0.3, 0.4) is 0 Å². The SMILES string of the molecule is CCN(C(=O)CF)c1ccc(F)c(-c2ccncc2)c1. The molecule has 0 fully saturated rings. The number of halogens is 2. The molecular formula is C15H14F2N2O. The number of pyridine rings is 1. The number of carbonyl (C=O) groups is 1. The molecule has 20 heavy (non-hydrogen) atoms. The van der Waals surface area contributed by atoms with Crippen molar-refractivity contribution in [1.82, 2.24) is 4.98 Å². The number of alkyl halides is 1. The number of carbonyl (C=O) groups excluding carboxylic acids is 1. The summed E-state index contributed by atoms with van der Waals surface area (Å²) in [6.45, 7) is 0.989. The lowest BCUT2D eigenvalue weighted by molar-refractivity contribution is -0.119. The Morgan fingerprint density at radius 2 is 1.95 bits per heavy atom. The average molecular weight is 276 g/mol. The molecule has 0 saturated heterocycles. The van der Waals surface area contributed by atoms with Gasteiger partial charge in [-0.15, -0.1) is 0 Å². The first-order valence-corrected chi connectivity index (χ1v) is 6.23. The second kappa shape index (κ2) is 6.23. The molecule has 0 saturated carbocycles. The third kappa shape index (κ3) is 2.82. The van der Waals surface area contributed by atoms with Crippen molar-refractivity contribution < 1.29 is 13.6 Å². The van der Waals surface area contributed by atoms with Crippen LogP contribution in [0.5, 0.6) is 0 Å². The fraction of sp³-hybridized carbons (Fsp3) is 0.200. The molecule has 0 radical (unpaired) electrons. The van der Waals surface area contributed by atoms with Gasteiger partial charge in [-0.3, -0.25) is 9.78 Å². The molecule has 1 aromatic carbocycles. The van der Waals surface area contributed by atoms with Gasteiger partial charge < -0.3 is 4.90 Å². The van der Waals surface area contributed by atoms with Gasteiger partial charge in [0.25, 0.3) is 5.91 Å². The molecule has 0 aliphatic heterocycles. The third-order valence-corrected chi connectivity index (χ3v) is 2.98. The topological polar surface area (TPSA) is 33.2 Å². The first kappa shape index (κ1) is 14.1. The number of benzene rings is 1. The van der Waals surface area contributed by atoms with Crippen molar-refractivity contribution in [3.63, 3.8) is 0 Å². The molecule has 104 valence electrons. The molecule has 0 N–H and O–H groups in total. The molecule has 0 aliphatic rings. The van der Waals surface area contributed by atoms with E-state index < -0.39 is 18.4 Å². The number of hydrogen-bond donors (Lipinski definition) is 0. The minimum absolute atomic E-state index is 0.324. The molecule has 0 bridgehead atoms. The molecule has 2 aromatic rings. The number of rotatable bonds is 4. The Balaban J connectivity index is 2.46. The van der Waals surface area contributed by atoms with Crippen molar-refractivity contribution in [2.24, 2.45) is 0 Å². The number of anilines is 1. The van der Waals surface area contributed by atoms with Crippen LogP contribution in [0.4, 0.5) is 14.5 Å². The van der Waals surface area contributed by atoms with Gasteiger partial charge in [0.15, 0.2) is 6.67 Å². The van der Waals surface area contributed by atoms with Gasteiger partial charge >= 0.3 is 0 Å². The van der Waals surface area contributed by atoms with Crippen LogP contribution in [0.15, 0.2) is 42.7 Å². The molecule has 5 heteroatoms. The third-order valence-electron chi connectivity index (χ3n) is 2.98. The van der Waals surface area contributed by atoms with Crippen LogP contribution in [0.1, 0.15) is 6.92 Å². The average Bonchev–Trinajstić information content (AvgIpc) is 2.50. The van der Waals surface area contributed by atoms with Gasteiger partial charge in [0.2, 0.25) is 0 Å². The van der Waals surface area contributed by atoms with E-state index in [1.165, 1.54) is 17.0 Å². The van der Waals surface area contributed by atoms with Crippen LogP contribution < -0.4 is 4.90 Å². The Hall–Kier alpha value is -2.30. The summed E-state index contributed by atoms with van der Waals surface area (Å²) in [4.78, 5) is 16.7. The molecule has 0 unspecified atom stereocenters. The van der Waals surface area contributed by atoms with Crippen LogP contribution in [0.25, 0.3) is 11.1 Å². The quantitative estimate of drug-likeness (QED) is 0.859. The summed E-state index contributed by atoms with van der Waals surface area (Å²) in [6.07, 6.45) is 3.12. The lowest BCUT2D eigenvalue weighted by atomic mass is 10.1. The summed E-state index contributed by atoms with van der Waals surface area (Å²) in [5.74, 6) is -1.04. The molecule has 2 rings (SSSR count).